The lowest BCUT2D eigenvalue weighted by molar-refractivity contribution is -0.126. The summed E-state index contributed by atoms with van der Waals surface area (Å²) in [5.41, 5.74) is 0. The van der Waals surface area contributed by atoms with Crippen molar-refractivity contribution in [2.75, 3.05) is 40.0 Å². The summed E-state index contributed by atoms with van der Waals surface area (Å²) in [5.74, 6) is 0.444. The minimum absolute atomic E-state index is 0.00301. The summed E-state index contributed by atoms with van der Waals surface area (Å²) in [6, 6.07) is -0.240. The highest BCUT2D eigenvalue weighted by atomic mass is 16.5. The van der Waals surface area contributed by atoms with Crippen LogP contribution in [0.15, 0.2) is 0 Å². The number of nitrogens with one attached hydrogen (secondary N) is 1. The molecule has 0 aliphatic carbocycles. The molecule has 0 aliphatic rings. The van der Waals surface area contributed by atoms with Crippen LogP contribution in [0, 0.1) is 5.92 Å². The molecule has 1 atom stereocenters. The number of ether oxygens (including phenoxy) is 1. The van der Waals surface area contributed by atoms with Crippen molar-refractivity contribution in [3.8, 4) is 0 Å². The summed E-state index contributed by atoms with van der Waals surface area (Å²) < 4.78 is 4.99. The van der Waals surface area contributed by atoms with Crippen LogP contribution in [0.2, 0.25) is 0 Å². The van der Waals surface area contributed by atoms with E-state index < -0.39 is 0 Å². The Bertz CT molecular complexity index is 210. The first-order valence-electron chi connectivity index (χ1n) is 6.14. The van der Waals surface area contributed by atoms with Crippen molar-refractivity contribution in [3.05, 3.63) is 0 Å². The predicted octanol–water partition coefficient (Wildman–Crippen LogP) is 0.0878. The molecule has 5 nitrogen and oxygen atoms in total. The van der Waals surface area contributed by atoms with Crippen LogP contribution < -0.4 is 5.32 Å². The molecule has 0 spiro atoms. The molecule has 0 radical (unpaired) electrons. The fourth-order valence-electron chi connectivity index (χ4n) is 1.45. The number of nitrogens with zero attached hydrogens (tertiary/aromatic N) is 1. The van der Waals surface area contributed by atoms with Crippen LogP contribution in [0.3, 0.4) is 0 Å². The first-order chi connectivity index (χ1) is 8.02. The molecule has 0 saturated heterocycles. The normalized spacial score (nSPS) is 13.1. The average molecular weight is 246 g/mol. The van der Waals surface area contributed by atoms with Gasteiger partial charge in [0.1, 0.15) is 0 Å². The molecule has 0 aromatic heterocycles. The number of methoxy groups -OCH3 is 1. The summed E-state index contributed by atoms with van der Waals surface area (Å²) in [5, 5.41) is 11.9. The molecule has 5 heteroatoms. The van der Waals surface area contributed by atoms with Gasteiger partial charge in [0.2, 0.25) is 5.91 Å². The number of carbonyl (C=O) groups excluding carboxylic acids is 1. The van der Waals surface area contributed by atoms with E-state index in [1.807, 2.05) is 11.8 Å². The Morgan fingerprint density at radius 3 is 2.47 bits per heavy atom. The molecule has 1 amide bonds. The van der Waals surface area contributed by atoms with Crippen molar-refractivity contribution in [1.29, 1.82) is 0 Å². The summed E-state index contributed by atoms with van der Waals surface area (Å²) in [7, 11) is 1.63. The van der Waals surface area contributed by atoms with E-state index in [0.717, 1.165) is 0 Å². The molecule has 0 saturated carbocycles. The average Bonchev–Trinajstić information content (AvgIpc) is 2.30. The monoisotopic (exact) mass is 246 g/mol. The highest BCUT2D eigenvalue weighted by Gasteiger charge is 2.20. The van der Waals surface area contributed by atoms with Crippen LogP contribution in [0.4, 0.5) is 0 Å². The molecule has 0 rings (SSSR count). The zero-order valence-corrected chi connectivity index (χ0v) is 11.4. The lowest BCUT2D eigenvalue weighted by Gasteiger charge is -2.27. The van der Waals surface area contributed by atoms with Crippen molar-refractivity contribution in [2.24, 2.45) is 5.92 Å². The van der Waals surface area contributed by atoms with Gasteiger partial charge in [-0.3, -0.25) is 9.69 Å². The summed E-state index contributed by atoms with van der Waals surface area (Å²) in [4.78, 5) is 13.8. The molecular formula is C12H26N2O3. The Labute approximate surface area is 104 Å². The van der Waals surface area contributed by atoms with Crippen molar-refractivity contribution in [2.45, 2.75) is 26.8 Å². The van der Waals surface area contributed by atoms with E-state index in [9.17, 15) is 4.79 Å². The highest BCUT2D eigenvalue weighted by molar-refractivity contribution is 5.81. The van der Waals surface area contributed by atoms with Crippen molar-refractivity contribution in [3.63, 3.8) is 0 Å². The third kappa shape index (κ3) is 7.31. The van der Waals surface area contributed by atoms with E-state index in [1.165, 1.54) is 0 Å². The van der Waals surface area contributed by atoms with Gasteiger partial charge < -0.3 is 15.2 Å². The molecule has 0 fully saturated rings. The smallest absolute Gasteiger partial charge is 0.237 e. The third-order valence-electron chi connectivity index (χ3n) is 2.58. The Kier molecular flexibility index (Phi) is 9.03. The van der Waals surface area contributed by atoms with E-state index in [1.54, 1.807) is 7.11 Å². The van der Waals surface area contributed by atoms with Gasteiger partial charge >= 0.3 is 0 Å². The molecule has 17 heavy (non-hydrogen) atoms. The van der Waals surface area contributed by atoms with Crippen LogP contribution in [0.25, 0.3) is 0 Å². The van der Waals surface area contributed by atoms with Gasteiger partial charge in [-0.25, -0.2) is 0 Å². The van der Waals surface area contributed by atoms with E-state index in [0.29, 0.717) is 32.2 Å². The van der Waals surface area contributed by atoms with Gasteiger partial charge in [-0.05, 0) is 12.8 Å². The molecule has 0 aliphatic heterocycles. The predicted molar refractivity (Wildman–Crippen MR) is 67.8 cm³/mol. The Morgan fingerprint density at radius 2 is 2.00 bits per heavy atom. The second-order valence-electron chi connectivity index (χ2n) is 4.57. The zero-order chi connectivity index (χ0) is 13.3. The number of hydrogen-bond acceptors (Lipinski definition) is 4. The molecule has 0 aromatic carbocycles. The van der Waals surface area contributed by atoms with Gasteiger partial charge in [0.15, 0.2) is 0 Å². The van der Waals surface area contributed by atoms with Crippen LogP contribution in [0.5, 0.6) is 0 Å². The topological polar surface area (TPSA) is 61.8 Å². The lowest BCUT2D eigenvalue weighted by Crippen LogP contribution is -2.48. The number of hydrogen-bond donors (Lipinski definition) is 2. The largest absolute Gasteiger partial charge is 0.395 e. The number of aliphatic hydroxyl groups excluding tert-OH is 1. The van der Waals surface area contributed by atoms with Crippen molar-refractivity contribution < 1.29 is 14.6 Å². The van der Waals surface area contributed by atoms with Crippen LogP contribution >= 0.6 is 0 Å². The summed E-state index contributed by atoms with van der Waals surface area (Å²) in [6.07, 6.45) is 0. The third-order valence-corrected chi connectivity index (χ3v) is 2.58. The van der Waals surface area contributed by atoms with Gasteiger partial charge in [-0.1, -0.05) is 13.8 Å². The lowest BCUT2D eigenvalue weighted by atomic mass is 10.2. The molecular weight excluding hydrogens is 220 g/mol. The zero-order valence-electron chi connectivity index (χ0n) is 11.4. The second kappa shape index (κ2) is 9.39. The van der Waals surface area contributed by atoms with Crippen molar-refractivity contribution in [1.82, 2.24) is 10.2 Å². The maximum absolute atomic E-state index is 11.9. The molecule has 0 aromatic rings. The summed E-state index contributed by atoms with van der Waals surface area (Å²) >= 11 is 0. The van der Waals surface area contributed by atoms with Gasteiger partial charge in [0.25, 0.3) is 0 Å². The van der Waals surface area contributed by atoms with Crippen LogP contribution in [0.1, 0.15) is 20.8 Å². The van der Waals surface area contributed by atoms with Crippen LogP contribution in [-0.4, -0.2) is 61.9 Å². The number of rotatable bonds is 9. The Balaban J connectivity index is 4.17. The van der Waals surface area contributed by atoms with Gasteiger partial charge in [0.05, 0.1) is 19.3 Å². The molecule has 0 heterocycles. The minimum Gasteiger partial charge on any atom is -0.395 e. The van der Waals surface area contributed by atoms with E-state index in [-0.39, 0.29) is 18.6 Å². The first kappa shape index (κ1) is 16.4. The van der Waals surface area contributed by atoms with E-state index in [2.05, 4.69) is 19.2 Å². The Hall–Kier alpha value is -0.650. The molecule has 1 unspecified atom stereocenters. The Morgan fingerprint density at radius 1 is 1.35 bits per heavy atom. The van der Waals surface area contributed by atoms with Gasteiger partial charge in [0, 0.05) is 26.7 Å². The highest BCUT2D eigenvalue weighted by Crippen LogP contribution is 1.99. The number of amides is 1. The quantitative estimate of drug-likeness (QED) is 0.605. The number of carbonyl (C=O) groups is 1. The molecule has 2 N–H and O–H groups in total. The minimum atomic E-state index is -0.240. The van der Waals surface area contributed by atoms with Crippen LogP contribution in [-0.2, 0) is 9.53 Å². The fraction of sp³-hybridized carbons (Fsp3) is 0.917. The van der Waals surface area contributed by atoms with Gasteiger partial charge in [-0.15, -0.1) is 0 Å². The SMILES string of the molecule is COCCN(CCO)C(C)C(=O)NCC(C)C. The van der Waals surface area contributed by atoms with Crippen molar-refractivity contribution >= 4 is 5.91 Å². The molecule has 102 valence electrons. The number of aliphatic hydroxyl groups is 1. The fourth-order valence-corrected chi connectivity index (χ4v) is 1.45. The molecule has 0 bridgehead atoms. The standard InChI is InChI=1S/C12H26N2O3/c1-10(2)9-13-12(16)11(3)14(5-7-15)6-8-17-4/h10-11,15H,5-9H2,1-4H3,(H,13,16). The van der Waals surface area contributed by atoms with E-state index >= 15 is 0 Å². The maximum Gasteiger partial charge on any atom is 0.237 e. The second-order valence-corrected chi connectivity index (χ2v) is 4.57. The first-order valence-corrected chi connectivity index (χ1v) is 6.14. The van der Waals surface area contributed by atoms with Gasteiger partial charge in [-0.2, -0.15) is 0 Å². The maximum atomic E-state index is 11.9. The van der Waals surface area contributed by atoms with E-state index in [4.69, 9.17) is 9.84 Å². The summed E-state index contributed by atoms with van der Waals surface area (Å²) in [6.45, 7) is 8.38.